The molecule has 0 bridgehead atoms. The van der Waals surface area contributed by atoms with E-state index in [1.54, 1.807) is 0 Å². The van der Waals surface area contributed by atoms with Crippen molar-refractivity contribution in [3.05, 3.63) is 0 Å². The fraction of sp³-hybridized carbons (Fsp3) is 1.00. The summed E-state index contributed by atoms with van der Waals surface area (Å²) >= 11 is -1.82. The Bertz CT molecular complexity index is 109. The molecule has 0 saturated heterocycles. The first-order chi connectivity index (χ1) is 5.27. The van der Waals surface area contributed by atoms with E-state index in [1.165, 1.54) is 25.7 Å². The number of unbranched alkanes of at least 4 members (excludes halogenated alkanes) is 5. The van der Waals surface area contributed by atoms with Crippen molar-refractivity contribution < 1.29 is 60.1 Å². The Labute approximate surface area is 121 Å². The number of rotatable bonds is 7. The topological polar surface area (TPSA) is 40.1 Å². The van der Waals surface area contributed by atoms with Crippen LogP contribution < -0.4 is 51.4 Å². The predicted octanol–water partition coefficient (Wildman–Crippen LogP) is -0.770. The summed E-state index contributed by atoms with van der Waals surface area (Å²) in [5.74, 6) is 0.339. The zero-order valence-corrected chi connectivity index (χ0v) is 12.1. The largest absolute Gasteiger partial charge is 1.00 e. The van der Waals surface area contributed by atoms with Crippen LogP contribution in [0.3, 0.4) is 0 Å². The van der Waals surface area contributed by atoms with Crippen LogP contribution in [0.1, 0.15) is 45.4 Å². The Hall–Kier alpha value is 1.75. The summed E-state index contributed by atoms with van der Waals surface area (Å²) in [6.07, 6.45) is 6.86. The van der Waals surface area contributed by atoms with Crippen molar-refractivity contribution in [1.82, 2.24) is 0 Å². The van der Waals surface area contributed by atoms with E-state index in [-0.39, 0.29) is 51.4 Å². The van der Waals surface area contributed by atoms with Gasteiger partial charge in [-0.05, 0) is 6.42 Å². The van der Waals surface area contributed by atoms with E-state index in [4.69, 9.17) is 0 Å². The van der Waals surface area contributed by atoms with Gasteiger partial charge in [0, 0.05) is 5.75 Å². The number of hydrogen-bond acceptors (Lipinski definition) is 2. The molecule has 0 aliphatic rings. The predicted molar refractivity (Wildman–Crippen MR) is 47.2 cm³/mol. The van der Waals surface area contributed by atoms with Crippen LogP contribution in [0.5, 0.6) is 0 Å². The van der Waals surface area contributed by atoms with Crippen molar-refractivity contribution in [2.75, 3.05) is 5.75 Å². The molecule has 0 radical (unpaired) electrons. The maximum atomic E-state index is 10.1. The molecule has 68 valence electrons. The molecule has 0 amide bonds. The first-order valence-electron chi connectivity index (χ1n) is 4.33. The van der Waals surface area contributed by atoms with Gasteiger partial charge in [0.05, 0.1) is 0 Å². The SMILES string of the molecule is CCCCCCCCS(=O)[O-].[K+]. The molecule has 12 heavy (non-hydrogen) atoms. The van der Waals surface area contributed by atoms with Gasteiger partial charge in [-0.15, -0.1) is 0 Å². The summed E-state index contributed by atoms with van der Waals surface area (Å²) < 4.78 is 20.2. The molecule has 0 aliphatic carbocycles. The molecule has 0 aromatic rings. The third-order valence-electron chi connectivity index (χ3n) is 1.66. The normalized spacial score (nSPS) is 12.2. The van der Waals surface area contributed by atoms with Gasteiger partial charge in [-0.1, -0.05) is 50.1 Å². The van der Waals surface area contributed by atoms with Crippen LogP contribution >= 0.6 is 0 Å². The summed E-state index contributed by atoms with van der Waals surface area (Å²) in [6.45, 7) is 2.17. The standard InChI is InChI=1S/C8H18O2S.K/c1-2-3-4-5-6-7-8-11(9)10;/h2-8H2,1H3,(H,9,10);/q;+1/p-1. The molecule has 1 atom stereocenters. The smallest absolute Gasteiger partial charge is 0.772 e. The Morgan fingerprint density at radius 2 is 1.58 bits per heavy atom. The first-order valence-corrected chi connectivity index (χ1v) is 5.57. The second-order valence-electron chi connectivity index (χ2n) is 2.78. The molecule has 0 saturated carbocycles. The summed E-state index contributed by atoms with van der Waals surface area (Å²) in [7, 11) is 0. The van der Waals surface area contributed by atoms with Crippen LogP contribution in [0.25, 0.3) is 0 Å². The van der Waals surface area contributed by atoms with Crippen LogP contribution in [0.15, 0.2) is 0 Å². The Morgan fingerprint density at radius 3 is 2.08 bits per heavy atom. The van der Waals surface area contributed by atoms with Crippen LogP contribution in [0, 0.1) is 0 Å². The molecule has 0 rings (SSSR count). The first kappa shape index (κ1) is 16.2. The molecule has 4 heteroatoms. The molecule has 0 spiro atoms. The van der Waals surface area contributed by atoms with Crippen LogP contribution in [-0.2, 0) is 11.1 Å². The summed E-state index contributed by atoms with van der Waals surface area (Å²) in [4.78, 5) is 0. The Balaban J connectivity index is 0. The summed E-state index contributed by atoms with van der Waals surface area (Å²) in [6, 6.07) is 0. The summed E-state index contributed by atoms with van der Waals surface area (Å²) in [5, 5.41) is 0. The minimum Gasteiger partial charge on any atom is -0.772 e. The second-order valence-corrected chi connectivity index (χ2v) is 3.79. The van der Waals surface area contributed by atoms with E-state index >= 15 is 0 Å². The molecular formula is C8H17KO2S. The minimum atomic E-state index is -1.82. The van der Waals surface area contributed by atoms with E-state index in [1.807, 2.05) is 0 Å². The molecule has 0 N–H and O–H groups in total. The molecule has 0 aliphatic heterocycles. The van der Waals surface area contributed by atoms with Crippen LogP contribution in [-0.4, -0.2) is 14.5 Å². The third kappa shape index (κ3) is 14.3. The van der Waals surface area contributed by atoms with E-state index in [0.29, 0.717) is 5.75 Å². The van der Waals surface area contributed by atoms with Gasteiger partial charge >= 0.3 is 51.4 Å². The molecule has 0 aromatic carbocycles. The Morgan fingerprint density at radius 1 is 1.08 bits per heavy atom. The van der Waals surface area contributed by atoms with E-state index in [9.17, 15) is 8.76 Å². The second kappa shape index (κ2) is 12.7. The fourth-order valence-electron chi connectivity index (χ4n) is 1.00. The van der Waals surface area contributed by atoms with Gasteiger partial charge in [-0.3, -0.25) is 4.21 Å². The van der Waals surface area contributed by atoms with E-state index in [2.05, 4.69) is 6.92 Å². The summed E-state index contributed by atoms with van der Waals surface area (Å²) in [5.41, 5.74) is 0. The maximum absolute atomic E-state index is 10.1. The van der Waals surface area contributed by atoms with Crippen molar-refractivity contribution in [2.24, 2.45) is 0 Å². The van der Waals surface area contributed by atoms with Crippen molar-refractivity contribution in [2.45, 2.75) is 45.4 Å². The molecule has 1 unspecified atom stereocenters. The van der Waals surface area contributed by atoms with Crippen molar-refractivity contribution in [1.29, 1.82) is 0 Å². The van der Waals surface area contributed by atoms with Gasteiger partial charge in [0.2, 0.25) is 0 Å². The van der Waals surface area contributed by atoms with E-state index < -0.39 is 11.1 Å². The van der Waals surface area contributed by atoms with Crippen molar-refractivity contribution >= 4 is 11.1 Å². The van der Waals surface area contributed by atoms with Gasteiger partial charge in [0.25, 0.3) is 0 Å². The third-order valence-corrected chi connectivity index (χ3v) is 2.29. The minimum absolute atomic E-state index is 0. The van der Waals surface area contributed by atoms with Gasteiger partial charge in [-0.25, -0.2) is 0 Å². The van der Waals surface area contributed by atoms with Gasteiger partial charge in [-0.2, -0.15) is 0 Å². The van der Waals surface area contributed by atoms with E-state index in [0.717, 1.165) is 12.8 Å². The van der Waals surface area contributed by atoms with Crippen LogP contribution in [0.4, 0.5) is 0 Å². The molecule has 0 heterocycles. The van der Waals surface area contributed by atoms with Crippen molar-refractivity contribution in [3.8, 4) is 0 Å². The van der Waals surface area contributed by atoms with Crippen LogP contribution in [0.2, 0.25) is 0 Å². The van der Waals surface area contributed by atoms with Gasteiger partial charge in [0.15, 0.2) is 0 Å². The zero-order valence-electron chi connectivity index (χ0n) is 8.17. The van der Waals surface area contributed by atoms with Gasteiger partial charge in [0.1, 0.15) is 0 Å². The van der Waals surface area contributed by atoms with Gasteiger partial charge < -0.3 is 4.55 Å². The average Bonchev–Trinajstić information content (AvgIpc) is 1.96. The monoisotopic (exact) mass is 216 g/mol. The molecule has 0 aromatic heterocycles. The Kier molecular flexibility index (Phi) is 17.2. The maximum Gasteiger partial charge on any atom is 1.00 e. The molecule has 2 nitrogen and oxygen atoms in total. The van der Waals surface area contributed by atoms with Crippen molar-refractivity contribution in [3.63, 3.8) is 0 Å². The number of hydrogen-bond donors (Lipinski definition) is 0. The zero-order chi connectivity index (χ0) is 8.53. The molecule has 0 fully saturated rings. The average molecular weight is 216 g/mol. The molecular weight excluding hydrogens is 199 g/mol. The quantitative estimate of drug-likeness (QED) is 0.318. The fourth-order valence-corrected chi connectivity index (χ4v) is 1.44.